The molecule has 21 heavy (non-hydrogen) atoms. The predicted octanol–water partition coefficient (Wildman–Crippen LogP) is 2.55. The molecule has 5 heteroatoms. The lowest BCUT2D eigenvalue weighted by atomic mass is 9.97. The molecule has 0 aromatic heterocycles. The van der Waals surface area contributed by atoms with E-state index in [1.807, 2.05) is 0 Å². The van der Waals surface area contributed by atoms with Crippen molar-refractivity contribution in [3.05, 3.63) is 41.7 Å². The number of piperidine rings is 1. The van der Waals surface area contributed by atoms with E-state index in [1.54, 1.807) is 24.0 Å². The molecule has 1 aromatic rings. The summed E-state index contributed by atoms with van der Waals surface area (Å²) in [6.45, 7) is 2.65. The Balaban J connectivity index is 2.01. The topological polar surface area (TPSA) is 57.6 Å². The molecule has 112 valence electrons. The van der Waals surface area contributed by atoms with E-state index in [4.69, 9.17) is 5.11 Å². The van der Waals surface area contributed by atoms with Gasteiger partial charge >= 0.3 is 5.97 Å². The number of halogens is 1. The minimum Gasteiger partial charge on any atom is -0.481 e. The highest BCUT2D eigenvalue weighted by molar-refractivity contribution is 5.95. The fourth-order valence-electron chi connectivity index (χ4n) is 2.44. The van der Waals surface area contributed by atoms with E-state index in [0.717, 1.165) is 0 Å². The van der Waals surface area contributed by atoms with Gasteiger partial charge in [-0.25, -0.2) is 4.39 Å². The molecule has 1 amide bonds. The number of allylic oxidation sites excluding steroid dienone is 1. The van der Waals surface area contributed by atoms with Crippen molar-refractivity contribution >= 4 is 17.4 Å². The second-order valence-electron chi connectivity index (χ2n) is 5.28. The Morgan fingerprint density at radius 2 is 2.00 bits per heavy atom. The van der Waals surface area contributed by atoms with Crippen LogP contribution in [0.5, 0.6) is 0 Å². The summed E-state index contributed by atoms with van der Waals surface area (Å²) in [6, 6.07) is 6.09. The summed E-state index contributed by atoms with van der Waals surface area (Å²) in [4.78, 5) is 24.7. The number of rotatable bonds is 3. The van der Waals surface area contributed by atoms with Crippen LogP contribution in [0.1, 0.15) is 25.3 Å². The summed E-state index contributed by atoms with van der Waals surface area (Å²) in [6.07, 6.45) is 2.44. The van der Waals surface area contributed by atoms with Crippen molar-refractivity contribution in [2.45, 2.75) is 19.8 Å². The fraction of sp³-hybridized carbons (Fsp3) is 0.375. The normalized spacial score (nSPS) is 16.9. The van der Waals surface area contributed by atoms with E-state index in [0.29, 0.717) is 37.1 Å². The molecule has 0 spiro atoms. The zero-order valence-electron chi connectivity index (χ0n) is 11.9. The number of aliphatic carboxylic acids is 1. The molecule has 2 rings (SSSR count). The van der Waals surface area contributed by atoms with Crippen LogP contribution in [0.2, 0.25) is 0 Å². The highest BCUT2D eigenvalue weighted by atomic mass is 19.1. The third-order valence-corrected chi connectivity index (χ3v) is 3.78. The third kappa shape index (κ3) is 3.90. The Hall–Kier alpha value is -2.17. The lowest BCUT2D eigenvalue weighted by molar-refractivity contribution is -0.144. The van der Waals surface area contributed by atoms with Gasteiger partial charge in [0.05, 0.1) is 5.92 Å². The van der Waals surface area contributed by atoms with Crippen LogP contribution in [0.4, 0.5) is 4.39 Å². The second kappa shape index (κ2) is 6.52. The molecule has 0 aliphatic carbocycles. The van der Waals surface area contributed by atoms with Crippen molar-refractivity contribution in [1.82, 2.24) is 4.90 Å². The van der Waals surface area contributed by atoms with Crippen molar-refractivity contribution < 1.29 is 19.1 Å². The Morgan fingerprint density at radius 3 is 2.57 bits per heavy atom. The summed E-state index contributed by atoms with van der Waals surface area (Å²) < 4.78 is 13.2. The molecule has 0 unspecified atom stereocenters. The summed E-state index contributed by atoms with van der Waals surface area (Å²) in [5, 5.41) is 8.93. The van der Waals surface area contributed by atoms with Crippen molar-refractivity contribution in [3.63, 3.8) is 0 Å². The summed E-state index contributed by atoms with van der Waals surface area (Å²) >= 11 is 0. The lowest BCUT2D eigenvalue weighted by Gasteiger charge is -2.29. The first-order valence-corrected chi connectivity index (χ1v) is 6.93. The van der Waals surface area contributed by atoms with Crippen LogP contribution in [0, 0.1) is 11.7 Å². The van der Waals surface area contributed by atoms with Crippen molar-refractivity contribution in [2.75, 3.05) is 13.1 Å². The summed E-state index contributed by atoms with van der Waals surface area (Å²) in [7, 11) is 0. The number of benzene rings is 1. The Kier molecular flexibility index (Phi) is 4.73. The largest absolute Gasteiger partial charge is 0.481 e. The van der Waals surface area contributed by atoms with Crippen LogP contribution in [0.3, 0.4) is 0 Å². The SMILES string of the molecule is C/C(=C\C(=O)N1CCC(C(=O)O)CC1)c1cccc(F)c1. The van der Waals surface area contributed by atoms with Crippen LogP contribution in [0.15, 0.2) is 30.3 Å². The van der Waals surface area contributed by atoms with E-state index in [-0.39, 0.29) is 17.6 Å². The number of hydrogen-bond donors (Lipinski definition) is 1. The highest BCUT2D eigenvalue weighted by Crippen LogP contribution is 2.19. The highest BCUT2D eigenvalue weighted by Gasteiger charge is 2.26. The molecule has 1 N–H and O–H groups in total. The molecule has 4 nitrogen and oxygen atoms in total. The zero-order chi connectivity index (χ0) is 15.4. The third-order valence-electron chi connectivity index (χ3n) is 3.78. The quantitative estimate of drug-likeness (QED) is 0.871. The Bertz CT molecular complexity index is 575. The molecule has 0 saturated carbocycles. The maximum Gasteiger partial charge on any atom is 0.306 e. The van der Waals surface area contributed by atoms with Crippen molar-refractivity contribution in [1.29, 1.82) is 0 Å². The molecule has 1 fully saturated rings. The molecule has 1 heterocycles. The Morgan fingerprint density at radius 1 is 1.33 bits per heavy atom. The smallest absolute Gasteiger partial charge is 0.306 e. The molecular formula is C16H18FNO3. The first kappa shape index (κ1) is 15.2. The molecule has 0 radical (unpaired) electrons. The molecule has 1 saturated heterocycles. The van der Waals surface area contributed by atoms with E-state index < -0.39 is 5.97 Å². The number of carbonyl (C=O) groups is 2. The molecular weight excluding hydrogens is 273 g/mol. The van der Waals surface area contributed by atoms with Gasteiger partial charge in [-0.3, -0.25) is 9.59 Å². The van der Waals surface area contributed by atoms with Gasteiger partial charge in [0.15, 0.2) is 0 Å². The molecule has 1 aliphatic rings. The minimum absolute atomic E-state index is 0.152. The fourth-order valence-corrected chi connectivity index (χ4v) is 2.44. The standard InChI is InChI=1S/C16H18FNO3/c1-11(13-3-2-4-14(17)10-13)9-15(19)18-7-5-12(6-8-18)16(20)21/h2-4,9-10,12H,5-8H2,1H3,(H,20,21)/b11-9+. The van der Waals surface area contributed by atoms with Gasteiger partial charge in [0.2, 0.25) is 5.91 Å². The van der Waals surface area contributed by atoms with Crippen LogP contribution < -0.4 is 0 Å². The maximum atomic E-state index is 13.2. The van der Waals surface area contributed by atoms with E-state index in [1.165, 1.54) is 18.2 Å². The van der Waals surface area contributed by atoms with E-state index in [9.17, 15) is 14.0 Å². The van der Waals surface area contributed by atoms with Gasteiger partial charge in [0.25, 0.3) is 0 Å². The number of likely N-dealkylation sites (tertiary alicyclic amines) is 1. The average Bonchev–Trinajstić information content (AvgIpc) is 2.47. The molecule has 0 bridgehead atoms. The number of carboxylic acid groups (broad SMARTS) is 1. The van der Waals surface area contributed by atoms with Gasteiger partial charge < -0.3 is 10.0 Å². The number of amides is 1. The van der Waals surface area contributed by atoms with Crippen LogP contribution >= 0.6 is 0 Å². The number of hydrogen-bond acceptors (Lipinski definition) is 2. The predicted molar refractivity (Wildman–Crippen MR) is 77.0 cm³/mol. The van der Waals surface area contributed by atoms with Crippen LogP contribution in [-0.4, -0.2) is 35.0 Å². The number of carbonyl (C=O) groups excluding carboxylic acids is 1. The van der Waals surface area contributed by atoms with E-state index in [2.05, 4.69) is 0 Å². The van der Waals surface area contributed by atoms with E-state index >= 15 is 0 Å². The van der Waals surface area contributed by atoms with Crippen molar-refractivity contribution in [2.24, 2.45) is 5.92 Å². The first-order valence-electron chi connectivity index (χ1n) is 6.93. The maximum absolute atomic E-state index is 13.2. The molecule has 0 atom stereocenters. The van der Waals surface area contributed by atoms with Crippen LogP contribution in [-0.2, 0) is 9.59 Å². The van der Waals surface area contributed by atoms with Gasteiger partial charge in [-0.2, -0.15) is 0 Å². The lowest BCUT2D eigenvalue weighted by Crippen LogP contribution is -2.39. The number of carboxylic acids is 1. The van der Waals surface area contributed by atoms with Gasteiger partial charge in [-0.15, -0.1) is 0 Å². The zero-order valence-corrected chi connectivity index (χ0v) is 11.9. The van der Waals surface area contributed by atoms with Crippen molar-refractivity contribution in [3.8, 4) is 0 Å². The van der Waals surface area contributed by atoms with Gasteiger partial charge in [0.1, 0.15) is 5.82 Å². The monoisotopic (exact) mass is 291 g/mol. The van der Waals surface area contributed by atoms with Gasteiger partial charge in [-0.05, 0) is 43.0 Å². The minimum atomic E-state index is -0.798. The Labute approximate surface area is 122 Å². The summed E-state index contributed by atoms with van der Waals surface area (Å²) in [5.74, 6) is -1.65. The van der Waals surface area contributed by atoms with Gasteiger partial charge in [-0.1, -0.05) is 12.1 Å². The molecule has 1 aromatic carbocycles. The summed E-state index contributed by atoms with van der Waals surface area (Å²) in [5.41, 5.74) is 1.36. The molecule has 1 aliphatic heterocycles. The van der Waals surface area contributed by atoms with Crippen LogP contribution in [0.25, 0.3) is 5.57 Å². The average molecular weight is 291 g/mol. The number of nitrogens with zero attached hydrogens (tertiary/aromatic N) is 1. The first-order chi connectivity index (χ1) is 9.97. The van der Waals surface area contributed by atoms with Gasteiger partial charge in [0, 0.05) is 19.2 Å². The second-order valence-corrected chi connectivity index (χ2v) is 5.28.